The Labute approximate surface area is 159 Å². The molecular weight excluding hydrogens is 405 g/mol. The van der Waals surface area contributed by atoms with E-state index >= 15 is 0 Å². The molecule has 1 aromatic heterocycles. The van der Waals surface area contributed by atoms with Crippen LogP contribution in [-0.2, 0) is 23.4 Å². The lowest BCUT2D eigenvalue weighted by Gasteiger charge is -2.21. The number of rotatable bonds is 6. The first kappa shape index (κ1) is 21.9. The van der Waals surface area contributed by atoms with Gasteiger partial charge in [-0.3, -0.25) is 0 Å². The van der Waals surface area contributed by atoms with Gasteiger partial charge in [0, 0.05) is 4.90 Å². The van der Waals surface area contributed by atoms with Crippen LogP contribution in [0.2, 0.25) is 0 Å². The second-order valence-corrected chi connectivity index (χ2v) is 7.73. The van der Waals surface area contributed by atoms with Crippen molar-refractivity contribution in [1.29, 1.82) is 0 Å². The van der Waals surface area contributed by atoms with Gasteiger partial charge in [-0.05, 0) is 30.0 Å². The molecule has 0 aliphatic heterocycles. The summed E-state index contributed by atoms with van der Waals surface area (Å²) >= 11 is 0. The zero-order valence-electron chi connectivity index (χ0n) is 14.8. The van der Waals surface area contributed by atoms with E-state index in [-0.39, 0.29) is 11.3 Å². The number of carbonyl (C=O) groups is 1. The molecule has 0 bridgehead atoms. The van der Waals surface area contributed by atoms with Crippen molar-refractivity contribution in [2.24, 2.45) is 5.92 Å². The minimum Gasteiger partial charge on any atom is -0.478 e. The van der Waals surface area contributed by atoms with E-state index < -0.39 is 62.7 Å². The van der Waals surface area contributed by atoms with Gasteiger partial charge in [0.25, 0.3) is 6.43 Å². The molecule has 1 N–H and O–H groups in total. The molecule has 10 heteroatoms. The van der Waals surface area contributed by atoms with E-state index in [1.165, 1.54) is 24.3 Å². The van der Waals surface area contributed by atoms with Crippen LogP contribution in [0.4, 0.5) is 22.0 Å². The van der Waals surface area contributed by atoms with Crippen LogP contribution in [0.3, 0.4) is 0 Å². The number of aromatic carboxylic acids is 1. The number of nitrogens with zero attached hydrogens (tertiary/aromatic N) is 1. The van der Waals surface area contributed by atoms with Crippen LogP contribution in [0.25, 0.3) is 0 Å². The van der Waals surface area contributed by atoms with Gasteiger partial charge in [-0.15, -0.1) is 0 Å². The Morgan fingerprint density at radius 1 is 1.18 bits per heavy atom. The summed E-state index contributed by atoms with van der Waals surface area (Å²) in [6.07, 6.45) is -9.03. The van der Waals surface area contributed by atoms with Crippen LogP contribution >= 0.6 is 0 Å². The highest BCUT2D eigenvalue weighted by molar-refractivity contribution is 7.85. The fourth-order valence-electron chi connectivity index (χ4n) is 2.69. The van der Waals surface area contributed by atoms with Crippen LogP contribution in [0, 0.1) is 5.92 Å². The third-order valence-corrected chi connectivity index (χ3v) is 5.25. The Balaban J connectivity index is 2.97. The van der Waals surface area contributed by atoms with E-state index in [1.807, 2.05) is 0 Å². The Hall–Kier alpha value is -2.36. The fourth-order valence-corrected chi connectivity index (χ4v) is 4.07. The minimum atomic E-state index is -5.27. The Morgan fingerprint density at radius 2 is 1.75 bits per heavy atom. The number of carboxylic acid groups (broad SMARTS) is 1. The molecule has 2 rings (SSSR count). The molecule has 1 heterocycles. The number of carboxylic acids is 1. The first-order valence-electron chi connectivity index (χ1n) is 8.07. The van der Waals surface area contributed by atoms with E-state index in [9.17, 15) is 36.1 Å². The van der Waals surface area contributed by atoms with Gasteiger partial charge in [-0.25, -0.2) is 22.8 Å². The van der Waals surface area contributed by atoms with Crippen molar-refractivity contribution in [1.82, 2.24) is 4.98 Å². The predicted molar refractivity (Wildman–Crippen MR) is 90.8 cm³/mol. The lowest BCUT2D eigenvalue weighted by Crippen LogP contribution is -2.23. The van der Waals surface area contributed by atoms with E-state index in [0.717, 1.165) is 0 Å². The van der Waals surface area contributed by atoms with Crippen molar-refractivity contribution >= 4 is 16.8 Å². The normalized spacial score (nSPS) is 13.2. The molecule has 1 atom stereocenters. The molecule has 0 spiro atoms. The monoisotopic (exact) mass is 421 g/mol. The van der Waals surface area contributed by atoms with Crippen molar-refractivity contribution in [2.75, 3.05) is 0 Å². The molecule has 1 unspecified atom stereocenters. The van der Waals surface area contributed by atoms with E-state index in [1.54, 1.807) is 19.9 Å². The standard InChI is InChI=1S/C18H16F5NO3S/c1-9(2)8-11-12(17(25)26)15(18(21,22)23)24-13(16(19)20)14(11)28(27)10-6-4-3-5-7-10/h3-7,9,16H,8H2,1-2H3,(H,25,26). The first-order chi connectivity index (χ1) is 12.9. The summed E-state index contributed by atoms with van der Waals surface area (Å²) in [5, 5.41) is 9.40. The molecule has 28 heavy (non-hydrogen) atoms. The molecule has 0 saturated heterocycles. The zero-order chi connectivity index (χ0) is 21.2. The van der Waals surface area contributed by atoms with Crippen LogP contribution in [0.15, 0.2) is 40.1 Å². The molecule has 4 nitrogen and oxygen atoms in total. The second-order valence-electron chi connectivity index (χ2n) is 6.31. The van der Waals surface area contributed by atoms with Crippen LogP contribution < -0.4 is 0 Å². The second kappa shape index (κ2) is 8.34. The number of aromatic nitrogens is 1. The highest BCUT2D eigenvalue weighted by Gasteiger charge is 2.42. The maximum Gasteiger partial charge on any atom is 0.434 e. The van der Waals surface area contributed by atoms with Crippen molar-refractivity contribution in [2.45, 2.75) is 42.7 Å². The zero-order valence-corrected chi connectivity index (χ0v) is 15.6. The number of hydrogen-bond donors (Lipinski definition) is 1. The molecule has 0 saturated carbocycles. The molecule has 0 fully saturated rings. The third-order valence-electron chi connectivity index (χ3n) is 3.72. The van der Waals surface area contributed by atoms with E-state index in [4.69, 9.17) is 0 Å². The summed E-state index contributed by atoms with van der Waals surface area (Å²) in [6.45, 7) is 3.16. The van der Waals surface area contributed by atoms with E-state index in [0.29, 0.717) is 0 Å². The summed E-state index contributed by atoms with van der Waals surface area (Å²) in [5.74, 6) is -2.36. The van der Waals surface area contributed by atoms with Gasteiger partial charge in [-0.2, -0.15) is 13.2 Å². The van der Waals surface area contributed by atoms with Gasteiger partial charge in [-0.1, -0.05) is 32.0 Å². The third kappa shape index (κ3) is 4.54. The van der Waals surface area contributed by atoms with Crippen LogP contribution in [-0.4, -0.2) is 20.3 Å². The number of benzene rings is 1. The molecule has 0 amide bonds. The van der Waals surface area contributed by atoms with E-state index in [2.05, 4.69) is 4.98 Å². The molecule has 1 aromatic carbocycles. The lowest BCUT2D eigenvalue weighted by molar-refractivity contribution is -0.142. The average Bonchev–Trinajstić information content (AvgIpc) is 2.59. The van der Waals surface area contributed by atoms with Gasteiger partial charge < -0.3 is 5.11 Å². The smallest absolute Gasteiger partial charge is 0.434 e. The van der Waals surface area contributed by atoms with Crippen molar-refractivity contribution in [3.63, 3.8) is 0 Å². The Morgan fingerprint density at radius 3 is 2.18 bits per heavy atom. The van der Waals surface area contributed by atoms with Crippen molar-refractivity contribution < 1.29 is 36.1 Å². The SMILES string of the molecule is CC(C)Cc1c(C(=O)O)c(C(F)(F)F)nc(C(F)F)c1S(=O)c1ccccc1. The summed E-state index contributed by atoms with van der Waals surface area (Å²) < 4.78 is 80.3. The number of pyridine rings is 1. The summed E-state index contributed by atoms with van der Waals surface area (Å²) in [4.78, 5) is 13.9. The number of hydrogen-bond acceptors (Lipinski definition) is 3. The summed E-state index contributed by atoms with van der Waals surface area (Å²) in [5.41, 5.74) is -5.03. The van der Waals surface area contributed by atoms with Crippen LogP contribution in [0.1, 0.15) is 47.6 Å². The molecule has 0 radical (unpaired) electrons. The van der Waals surface area contributed by atoms with Crippen LogP contribution in [0.5, 0.6) is 0 Å². The number of alkyl halides is 5. The largest absolute Gasteiger partial charge is 0.478 e. The molecule has 0 aliphatic carbocycles. The van der Waals surface area contributed by atoms with Crippen molar-refractivity contribution in [3.05, 3.63) is 52.8 Å². The Bertz CT molecular complexity index is 898. The molecule has 152 valence electrons. The summed E-state index contributed by atoms with van der Waals surface area (Å²) in [6, 6.07) is 7.24. The lowest BCUT2D eigenvalue weighted by atomic mass is 9.96. The van der Waals surface area contributed by atoms with Crippen molar-refractivity contribution in [3.8, 4) is 0 Å². The highest BCUT2D eigenvalue weighted by Crippen LogP contribution is 2.39. The molecule has 0 aliphatic rings. The first-order valence-corrected chi connectivity index (χ1v) is 9.22. The molecular formula is C18H16F5NO3S. The fraction of sp³-hybridized carbons (Fsp3) is 0.333. The Kier molecular flexibility index (Phi) is 6.53. The minimum absolute atomic E-state index is 0.0484. The topological polar surface area (TPSA) is 67.3 Å². The van der Waals surface area contributed by atoms with Gasteiger partial charge >= 0.3 is 12.1 Å². The maximum atomic E-state index is 13.6. The summed E-state index contributed by atoms with van der Waals surface area (Å²) in [7, 11) is -2.34. The number of halogens is 5. The highest BCUT2D eigenvalue weighted by atomic mass is 32.2. The van der Waals surface area contributed by atoms with Gasteiger partial charge in [0.05, 0.1) is 21.3 Å². The van der Waals surface area contributed by atoms with Gasteiger partial charge in [0.1, 0.15) is 5.69 Å². The van der Waals surface area contributed by atoms with Gasteiger partial charge in [0.15, 0.2) is 5.69 Å². The van der Waals surface area contributed by atoms with Gasteiger partial charge in [0.2, 0.25) is 0 Å². The maximum absolute atomic E-state index is 13.6. The quantitative estimate of drug-likeness (QED) is 0.659. The predicted octanol–water partition coefficient (Wildman–Crippen LogP) is 5.10. The molecule has 2 aromatic rings. The average molecular weight is 421 g/mol.